The smallest absolute Gasteiger partial charge is 0.336 e. The van der Waals surface area contributed by atoms with Crippen molar-refractivity contribution >= 4 is 28.6 Å². The number of hydrogen-bond acceptors (Lipinski definition) is 5. The van der Waals surface area contributed by atoms with Crippen LogP contribution in [0, 0.1) is 0 Å². The van der Waals surface area contributed by atoms with Gasteiger partial charge in [0.25, 0.3) is 5.91 Å². The van der Waals surface area contributed by atoms with E-state index in [1.807, 2.05) is 30.3 Å². The zero-order valence-corrected chi connectivity index (χ0v) is 22.8. The molecule has 0 spiro atoms. The molecule has 0 aliphatic rings. The van der Waals surface area contributed by atoms with E-state index in [0.29, 0.717) is 13.0 Å². The highest BCUT2D eigenvalue weighted by Gasteiger charge is 2.36. The van der Waals surface area contributed by atoms with E-state index in [-0.39, 0.29) is 6.61 Å². The lowest BCUT2D eigenvalue weighted by molar-refractivity contribution is -0.172. The summed E-state index contributed by atoms with van der Waals surface area (Å²) >= 11 is 0. The highest BCUT2D eigenvalue weighted by molar-refractivity contribution is 5.88. The van der Waals surface area contributed by atoms with Gasteiger partial charge in [0, 0.05) is 13.2 Å². The molecule has 0 aromatic heterocycles. The predicted octanol–water partition coefficient (Wildman–Crippen LogP) is 5.02. The fraction of sp³-hybridized carbons (Fsp3) is 0.406. The molecule has 2 atom stereocenters. The third-order valence-electron chi connectivity index (χ3n) is 6.67. The Bertz CT molecular complexity index is 1210. The molecule has 0 heterocycles. The average molecular weight is 550 g/mol. The summed E-state index contributed by atoms with van der Waals surface area (Å²) in [5.41, 5.74) is 2.51. The van der Waals surface area contributed by atoms with Crippen LogP contribution in [0.1, 0.15) is 49.7 Å². The van der Waals surface area contributed by atoms with Crippen LogP contribution in [0.5, 0.6) is 0 Å². The maximum absolute atomic E-state index is 12.9. The van der Waals surface area contributed by atoms with Crippen LogP contribution in [0.15, 0.2) is 72.8 Å². The number of carboxylic acid groups (broad SMARTS) is 2. The number of benzene rings is 3. The van der Waals surface area contributed by atoms with Crippen molar-refractivity contribution in [1.29, 1.82) is 0 Å². The van der Waals surface area contributed by atoms with Crippen molar-refractivity contribution in [3.63, 3.8) is 0 Å². The number of carbonyl (C=O) groups is 3. The van der Waals surface area contributed by atoms with Crippen LogP contribution in [0.4, 0.5) is 0 Å². The predicted molar refractivity (Wildman–Crippen MR) is 153 cm³/mol. The van der Waals surface area contributed by atoms with Gasteiger partial charge in [-0.2, -0.15) is 0 Å². The molecule has 0 radical (unpaired) electrons. The standard InChI is InChI=1S/C32H39NO7/c34-28(35)23-40-30(32(37)38)29(39-21-11-3-7-14-24-12-4-1-5-13-24)31(36)33-20-10-2-6-15-25-18-19-26-16-8-9-17-27(26)22-25/h1,4-5,8-9,12-13,16-19,22,29-30H,2-3,6-7,10-11,14-15,20-21,23H2,(H,33,36)(H,34,35)(H,37,38). The van der Waals surface area contributed by atoms with E-state index in [9.17, 15) is 19.5 Å². The Hall–Kier alpha value is -3.75. The molecule has 0 fully saturated rings. The molecule has 0 aliphatic heterocycles. The SMILES string of the molecule is O=C(O)COC(C(=O)O)C(OCCCCCc1ccccc1)C(=O)NCCCCCc1ccc2ccccc2c1. The van der Waals surface area contributed by atoms with Gasteiger partial charge in [-0.1, -0.05) is 85.6 Å². The highest BCUT2D eigenvalue weighted by Crippen LogP contribution is 2.17. The second-order valence-corrected chi connectivity index (χ2v) is 9.83. The van der Waals surface area contributed by atoms with E-state index in [1.165, 1.54) is 21.9 Å². The fourth-order valence-electron chi connectivity index (χ4n) is 4.55. The second kappa shape index (κ2) is 17.0. The van der Waals surface area contributed by atoms with Crippen LogP contribution in [0.2, 0.25) is 0 Å². The summed E-state index contributed by atoms with van der Waals surface area (Å²) in [4.78, 5) is 35.6. The topological polar surface area (TPSA) is 122 Å². The van der Waals surface area contributed by atoms with Crippen molar-refractivity contribution in [2.45, 2.75) is 63.6 Å². The van der Waals surface area contributed by atoms with Crippen molar-refractivity contribution in [3.8, 4) is 0 Å². The maximum atomic E-state index is 12.9. The van der Waals surface area contributed by atoms with E-state index in [1.54, 1.807) is 0 Å². The Morgan fingerprint density at radius 2 is 1.35 bits per heavy atom. The molecule has 0 aliphatic carbocycles. The first-order chi connectivity index (χ1) is 19.4. The van der Waals surface area contributed by atoms with Crippen molar-refractivity contribution < 1.29 is 34.1 Å². The number of nitrogens with one attached hydrogen (secondary N) is 1. The number of amides is 1. The van der Waals surface area contributed by atoms with Crippen molar-refractivity contribution in [2.24, 2.45) is 0 Å². The molecule has 3 aromatic rings. The van der Waals surface area contributed by atoms with E-state index in [4.69, 9.17) is 14.6 Å². The molecule has 8 heteroatoms. The molecule has 214 valence electrons. The van der Waals surface area contributed by atoms with Gasteiger partial charge < -0.3 is 25.0 Å². The molecule has 0 saturated carbocycles. The van der Waals surface area contributed by atoms with Gasteiger partial charge in [-0.3, -0.25) is 4.79 Å². The summed E-state index contributed by atoms with van der Waals surface area (Å²) in [5, 5.41) is 23.7. The molecule has 0 saturated heterocycles. The number of ether oxygens (including phenoxy) is 2. The molecule has 3 N–H and O–H groups in total. The zero-order valence-electron chi connectivity index (χ0n) is 22.8. The fourth-order valence-corrected chi connectivity index (χ4v) is 4.55. The molecule has 2 unspecified atom stereocenters. The Morgan fingerprint density at radius 3 is 2.08 bits per heavy atom. The molecular weight excluding hydrogens is 510 g/mol. The Labute approximate surface area is 235 Å². The minimum Gasteiger partial charge on any atom is -0.480 e. The summed E-state index contributed by atoms with van der Waals surface area (Å²) in [6, 6.07) is 24.8. The number of rotatable bonds is 19. The van der Waals surface area contributed by atoms with Gasteiger partial charge in [0.1, 0.15) is 6.61 Å². The summed E-state index contributed by atoms with van der Waals surface area (Å²) < 4.78 is 10.7. The van der Waals surface area contributed by atoms with E-state index in [0.717, 1.165) is 44.9 Å². The van der Waals surface area contributed by atoms with Crippen LogP contribution >= 0.6 is 0 Å². The van der Waals surface area contributed by atoms with Gasteiger partial charge in [0.05, 0.1) is 0 Å². The van der Waals surface area contributed by atoms with E-state index in [2.05, 4.69) is 47.8 Å². The quantitative estimate of drug-likeness (QED) is 0.179. The number of aryl methyl sites for hydroxylation is 2. The van der Waals surface area contributed by atoms with Gasteiger partial charge >= 0.3 is 11.9 Å². The molecule has 8 nitrogen and oxygen atoms in total. The molecule has 3 rings (SSSR count). The van der Waals surface area contributed by atoms with Crippen molar-refractivity contribution in [3.05, 3.63) is 83.9 Å². The third kappa shape index (κ3) is 10.8. The van der Waals surface area contributed by atoms with Gasteiger partial charge in [-0.05, 0) is 60.4 Å². The molecule has 0 bridgehead atoms. The lowest BCUT2D eigenvalue weighted by Gasteiger charge is -2.23. The normalized spacial score (nSPS) is 12.6. The molecule has 1 amide bonds. The summed E-state index contributed by atoms with van der Waals surface area (Å²) in [5.74, 6) is -3.38. The van der Waals surface area contributed by atoms with Gasteiger partial charge in [0.2, 0.25) is 0 Å². The first kappa shape index (κ1) is 30.8. The number of unbranched alkanes of at least 4 members (excludes halogenated alkanes) is 4. The molecule has 3 aromatic carbocycles. The number of carboxylic acids is 2. The van der Waals surface area contributed by atoms with Crippen LogP contribution in [0.25, 0.3) is 10.8 Å². The highest BCUT2D eigenvalue weighted by atomic mass is 16.6. The minimum absolute atomic E-state index is 0.166. The van der Waals surface area contributed by atoms with Crippen LogP contribution in [0.3, 0.4) is 0 Å². The lowest BCUT2D eigenvalue weighted by atomic mass is 10.0. The van der Waals surface area contributed by atoms with Crippen LogP contribution in [-0.2, 0) is 36.7 Å². The zero-order chi connectivity index (χ0) is 28.6. The lowest BCUT2D eigenvalue weighted by Crippen LogP contribution is -2.49. The summed E-state index contributed by atoms with van der Waals surface area (Å²) in [6.07, 6.45) is 3.67. The van der Waals surface area contributed by atoms with Crippen LogP contribution in [-0.4, -0.2) is 60.0 Å². The number of aliphatic carboxylic acids is 2. The summed E-state index contributed by atoms with van der Waals surface area (Å²) in [7, 11) is 0. The minimum atomic E-state index is -1.71. The van der Waals surface area contributed by atoms with Gasteiger partial charge in [-0.15, -0.1) is 0 Å². The first-order valence-corrected chi connectivity index (χ1v) is 13.9. The monoisotopic (exact) mass is 549 g/mol. The summed E-state index contributed by atoms with van der Waals surface area (Å²) in [6.45, 7) is -0.312. The molecular formula is C32H39NO7. The first-order valence-electron chi connectivity index (χ1n) is 13.9. The molecule has 40 heavy (non-hydrogen) atoms. The van der Waals surface area contributed by atoms with E-state index >= 15 is 0 Å². The van der Waals surface area contributed by atoms with Gasteiger partial charge in [-0.25, -0.2) is 9.59 Å². The van der Waals surface area contributed by atoms with Crippen LogP contribution < -0.4 is 5.32 Å². The average Bonchev–Trinajstić information content (AvgIpc) is 2.95. The number of fused-ring (bicyclic) bond motifs is 1. The Morgan fingerprint density at radius 1 is 0.675 bits per heavy atom. The van der Waals surface area contributed by atoms with Gasteiger partial charge in [0.15, 0.2) is 12.2 Å². The maximum Gasteiger partial charge on any atom is 0.336 e. The number of hydrogen-bond donors (Lipinski definition) is 3. The second-order valence-electron chi connectivity index (χ2n) is 9.83. The largest absolute Gasteiger partial charge is 0.480 e. The van der Waals surface area contributed by atoms with Crippen molar-refractivity contribution in [2.75, 3.05) is 19.8 Å². The Balaban J connectivity index is 1.42. The van der Waals surface area contributed by atoms with E-state index < -0.39 is 36.7 Å². The third-order valence-corrected chi connectivity index (χ3v) is 6.67. The van der Waals surface area contributed by atoms with Crippen molar-refractivity contribution in [1.82, 2.24) is 5.32 Å². The Kier molecular flexibility index (Phi) is 13.1. The number of carbonyl (C=O) groups excluding carboxylic acids is 1.